The molecule has 1 aliphatic rings. The predicted molar refractivity (Wildman–Crippen MR) is 74.4 cm³/mol. The van der Waals surface area contributed by atoms with Crippen molar-refractivity contribution in [1.82, 2.24) is 10.2 Å². The van der Waals surface area contributed by atoms with Gasteiger partial charge in [-0.05, 0) is 5.92 Å². The van der Waals surface area contributed by atoms with E-state index in [1.807, 2.05) is 0 Å². The van der Waals surface area contributed by atoms with Gasteiger partial charge < -0.3 is 10.2 Å². The van der Waals surface area contributed by atoms with Gasteiger partial charge in [-0.25, -0.2) is 0 Å². The molecule has 1 heterocycles. The molecule has 1 atom stereocenters. The molecule has 1 N–H and O–H groups in total. The number of nitrogens with zero attached hydrogens (tertiary/aromatic N) is 2. The van der Waals surface area contributed by atoms with Crippen molar-refractivity contribution >= 4 is 22.8 Å². The molecule has 4 nitrogen and oxygen atoms in total. The van der Waals surface area contributed by atoms with Crippen LogP contribution in [0.15, 0.2) is 4.99 Å². The van der Waals surface area contributed by atoms with Gasteiger partial charge in [-0.2, -0.15) is 0 Å². The van der Waals surface area contributed by atoms with Crippen molar-refractivity contribution in [3.8, 4) is 0 Å². The number of carbonyl (C=O) groups excluding carboxylic acids is 1. The zero-order chi connectivity index (χ0) is 12.8. The molecule has 17 heavy (non-hydrogen) atoms. The highest BCUT2D eigenvalue weighted by atomic mass is 32.2. The Hall–Kier alpha value is -0.710. The summed E-state index contributed by atoms with van der Waals surface area (Å²) in [6.07, 6.45) is 2.40. The first-order valence-corrected chi connectivity index (χ1v) is 7.11. The fraction of sp³-hybridized carbons (Fsp3) is 0.833. The lowest BCUT2D eigenvalue weighted by molar-refractivity contribution is -0.127. The van der Waals surface area contributed by atoms with E-state index in [1.54, 1.807) is 30.8 Å². The average molecular weight is 257 g/mol. The third-order valence-corrected chi connectivity index (χ3v) is 4.48. The Bertz CT molecular complexity index is 287. The largest absolute Gasteiger partial charge is 0.356 e. The summed E-state index contributed by atoms with van der Waals surface area (Å²) in [5.41, 5.74) is 0. The van der Waals surface area contributed by atoms with Gasteiger partial charge in [0.05, 0.1) is 13.1 Å². The second-order valence-corrected chi connectivity index (χ2v) is 5.75. The fourth-order valence-corrected chi connectivity index (χ4v) is 3.18. The number of thioether (sulfide) groups is 1. The highest BCUT2D eigenvalue weighted by Gasteiger charge is 2.25. The van der Waals surface area contributed by atoms with Gasteiger partial charge in [0.25, 0.3) is 0 Å². The molecule has 5 heteroatoms. The molecule has 1 rings (SSSR count). The van der Waals surface area contributed by atoms with Crippen LogP contribution in [-0.4, -0.2) is 48.4 Å². The molecule has 98 valence electrons. The van der Waals surface area contributed by atoms with Gasteiger partial charge in [0.15, 0.2) is 5.17 Å². The topological polar surface area (TPSA) is 44.7 Å². The Balaban J connectivity index is 2.32. The van der Waals surface area contributed by atoms with E-state index in [1.165, 1.54) is 12.8 Å². The number of nitrogens with one attached hydrogen (secondary N) is 1. The summed E-state index contributed by atoms with van der Waals surface area (Å²) in [5, 5.41) is 4.63. The van der Waals surface area contributed by atoms with E-state index in [2.05, 4.69) is 24.2 Å². The van der Waals surface area contributed by atoms with Gasteiger partial charge in [-0.15, -0.1) is 0 Å². The van der Waals surface area contributed by atoms with E-state index in [0.29, 0.717) is 11.8 Å². The third-order valence-electron chi connectivity index (χ3n) is 3.14. The summed E-state index contributed by atoms with van der Waals surface area (Å²) in [6, 6.07) is 0. The number of rotatable bonds is 5. The SMILES string of the molecule is CCC(CC)C1CN=C(NCC(=O)N(C)C)S1. The zero-order valence-corrected chi connectivity index (χ0v) is 12.0. The number of amides is 1. The number of likely N-dealkylation sites (N-methyl/N-ethyl adjacent to an activating group) is 1. The number of carbonyl (C=O) groups is 1. The molecular formula is C12H23N3OS. The van der Waals surface area contributed by atoms with E-state index in [0.717, 1.165) is 17.6 Å². The van der Waals surface area contributed by atoms with Crippen LogP contribution in [0.1, 0.15) is 26.7 Å². The molecule has 0 aliphatic carbocycles. The first-order chi connectivity index (χ1) is 8.08. The minimum atomic E-state index is 0.0827. The molecular weight excluding hydrogens is 234 g/mol. The van der Waals surface area contributed by atoms with Crippen molar-refractivity contribution < 1.29 is 4.79 Å². The van der Waals surface area contributed by atoms with Crippen molar-refractivity contribution in [3.05, 3.63) is 0 Å². The molecule has 0 aromatic heterocycles. The normalized spacial score (nSPS) is 19.4. The lowest BCUT2D eigenvalue weighted by Gasteiger charge is -2.18. The van der Waals surface area contributed by atoms with Crippen LogP contribution in [-0.2, 0) is 4.79 Å². The van der Waals surface area contributed by atoms with Gasteiger partial charge in [0.2, 0.25) is 5.91 Å². The minimum absolute atomic E-state index is 0.0827. The standard InChI is InChI=1S/C12H23N3OS/c1-5-9(6-2)10-7-13-12(17-10)14-8-11(16)15(3)4/h9-10H,5-8H2,1-4H3,(H,13,14). The van der Waals surface area contributed by atoms with Crippen LogP contribution < -0.4 is 5.32 Å². The van der Waals surface area contributed by atoms with Crippen molar-refractivity contribution in [2.24, 2.45) is 10.9 Å². The van der Waals surface area contributed by atoms with Crippen molar-refractivity contribution in [2.45, 2.75) is 31.9 Å². The molecule has 0 spiro atoms. The van der Waals surface area contributed by atoms with Crippen LogP contribution >= 0.6 is 11.8 Å². The van der Waals surface area contributed by atoms with Gasteiger partial charge in [0, 0.05) is 19.3 Å². The van der Waals surface area contributed by atoms with Crippen molar-refractivity contribution in [2.75, 3.05) is 27.2 Å². The lowest BCUT2D eigenvalue weighted by Crippen LogP contribution is -2.35. The summed E-state index contributed by atoms with van der Waals surface area (Å²) in [4.78, 5) is 17.5. The number of amidine groups is 1. The second-order valence-electron chi connectivity index (χ2n) is 4.52. The first kappa shape index (κ1) is 14.4. The van der Waals surface area contributed by atoms with Gasteiger partial charge in [-0.3, -0.25) is 9.79 Å². The molecule has 0 radical (unpaired) electrons. The summed E-state index contributed by atoms with van der Waals surface area (Å²) >= 11 is 1.79. The fourth-order valence-electron chi connectivity index (χ4n) is 1.86. The Morgan fingerprint density at radius 2 is 2.18 bits per heavy atom. The molecule has 0 saturated heterocycles. The van der Waals surface area contributed by atoms with Crippen LogP contribution in [0.2, 0.25) is 0 Å². The quantitative estimate of drug-likeness (QED) is 0.813. The molecule has 1 amide bonds. The Morgan fingerprint density at radius 3 is 2.71 bits per heavy atom. The number of hydrogen-bond donors (Lipinski definition) is 1. The molecule has 0 aromatic rings. The summed E-state index contributed by atoms with van der Waals surface area (Å²) in [7, 11) is 3.53. The summed E-state index contributed by atoms with van der Waals surface area (Å²) in [5.74, 6) is 0.812. The predicted octanol–water partition coefficient (Wildman–Crippen LogP) is 1.57. The van der Waals surface area contributed by atoms with Gasteiger partial charge in [-0.1, -0.05) is 38.5 Å². The maximum absolute atomic E-state index is 11.4. The molecule has 0 fully saturated rings. The average Bonchev–Trinajstić information content (AvgIpc) is 2.76. The lowest BCUT2D eigenvalue weighted by atomic mass is 9.99. The van der Waals surface area contributed by atoms with E-state index in [-0.39, 0.29) is 5.91 Å². The highest BCUT2D eigenvalue weighted by Crippen LogP contribution is 2.30. The molecule has 0 saturated carbocycles. The number of hydrogen-bond acceptors (Lipinski definition) is 4. The molecule has 1 unspecified atom stereocenters. The van der Waals surface area contributed by atoms with E-state index >= 15 is 0 Å². The van der Waals surface area contributed by atoms with Crippen LogP contribution in [0.5, 0.6) is 0 Å². The Labute approximate surface area is 108 Å². The van der Waals surface area contributed by atoms with Crippen molar-refractivity contribution in [1.29, 1.82) is 0 Å². The Morgan fingerprint density at radius 1 is 1.53 bits per heavy atom. The van der Waals surface area contributed by atoms with Crippen LogP contribution in [0, 0.1) is 5.92 Å². The molecule has 1 aliphatic heterocycles. The Kier molecular flexibility index (Phi) is 5.82. The summed E-state index contributed by atoms with van der Waals surface area (Å²) < 4.78 is 0. The second kappa shape index (κ2) is 6.89. The van der Waals surface area contributed by atoms with E-state index in [9.17, 15) is 4.79 Å². The third kappa shape index (κ3) is 4.22. The smallest absolute Gasteiger partial charge is 0.241 e. The maximum atomic E-state index is 11.4. The molecule has 0 bridgehead atoms. The molecule has 0 aromatic carbocycles. The zero-order valence-electron chi connectivity index (χ0n) is 11.2. The van der Waals surface area contributed by atoms with Crippen LogP contribution in [0.25, 0.3) is 0 Å². The highest BCUT2D eigenvalue weighted by molar-refractivity contribution is 8.14. The number of aliphatic imine (C=N–C) groups is 1. The van der Waals surface area contributed by atoms with Gasteiger partial charge >= 0.3 is 0 Å². The van der Waals surface area contributed by atoms with Crippen LogP contribution in [0.4, 0.5) is 0 Å². The summed E-state index contributed by atoms with van der Waals surface area (Å²) in [6.45, 7) is 5.69. The van der Waals surface area contributed by atoms with Crippen molar-refractivity contribution in [3.63, 3.8) is 0 Å². The minimum Gasteiger partial charge on any atom is -0.356 e. The van der Waals surface area contributed by atoms with Crippen LogP contribution in [0.3, 0.4) is 0 Å². The maximum Gasteiger partial charge on any atom is 0.241 e. The van der Waals surface area contributed by atoms with E-state index in [4.69, 9.17) is 0 Å². The monoisotopic (exact) mass is 257 g/mol. The van der Waals surface area contributed by atoms with Gasteiger partial charge in [0.1, 0.15) is 0 Å². The van der Waals surface area contributed by atoms with E-state index < -0.39 is 0 Å². The first-order valence-electron chi connectivity index (χ1n) is 6.23.